The molecular formula is C12H17N3O. The van der Waals surface area contributed by atoms with Crippen molar-refractivity contribution in [2.24, 2.45) is 11.7 Å². The number of amides is 1. The highest BCUT2D eigenvalue weighted by Crippen LogP contribution is 2.27. The van der Waals surface area contributed by atoms with Crippen LogP contribution in [0.25, 0.3) is 0 Å². The number of hydrogen-bond acceptors (Lipinski definition) is 3. The van der Waals surface area contributed by atoms with Crippen molar-refractivity contribution < 1.29 is 4.79 Å². The van der Waals surface area contributed by atoms with E-state index in [0.717, 1.165) is 18.5 Å². The Labute approximate surface area is 95.5 Å². The van der Waals surface area contributed by atoms with Gasteiger partial charge in [-0.25, -0.2) is 0 Å². The van der Waals surface area contributed by atoms with Crippen LogP contribution < -0.4 is 5.73 Å². The number of carbonyl (C=O) groups excluding carboxylic acids is 1. The van der Waals surface area contributed by atoms with Crippen LogP contribution in [0.5, 0.6) is 0 Å². The molecule has 0 aliphatic heterocycles. The van der Waals surface area contributed by atoms with Gasteiger partial charge in [0.15, 0.2) is 0 Å². The molecule has 2 rings (SSSR count). The van der Waals surface area contributed by atoms with Crippen molar-refractivity contribution in [3.63, 3.8) is 0 Å². The topological polar surface area (TPSA) is 59.2 Å². The number of pyridine rings is 1. The minimum absolute atomic E-state index is 0.128. The van der Waals surface area contributed by atoms with Crippen LogP contribution in [-0.2, 0) is 11.3 Å². The van der Waals surface area contributed by atoms with E-state index in [2.05, 4.69) is 4.98 Å². The van der Waals surface area contributed by atoms with Crippen molar-refractivity contribution in [2.45, 2.75) is 25.4 Å². The van der Waals surface area contributed by atoms with E-state index in [0.29, 0.717) is 6.54 Å². The van der Waals surface area contributed by atoms with Crippen molar-refractivity contribution in [3.05, 3.63) is 30.1 Å². The zero-order valence-corrected chi connectivity index (χ0v) is 9.47. The molecule has 1 aromatic rings. The van der Waals surface area contributed by atoms with Crippen LogP contribution in [0, 0.1) is 5.92 Å². The summed E-state index contributed by atoms with van der Waals surface area (Å²) in [7, 11) is 1.82. The van der Waals surface area contributed by atoms with Gasteiger partial charge in [-0.3, -0.25) is 9.78 Å². The predicted molar refractivity (Wildman–Crippen MR) is 61.4 cm³/mol. The Morgan fingerprint density at radius 2 is 2.31 bits per heavy atom. The minimum atomic E-state index is 0.128. The third-order valence-electron chi connectivity index (χ3n) is 3.03. The predicted octanol–water partition coefficient (Wildman–Crippen LogP) is 0.777. The lowest BCUT2D eigenvalue weighted by atomic mass is 9.80. The SMILES string of the molecule is CN(Cc1ccccn1)C(=O)C1CC(N)C1. The molecule has 1 heterocycles. The van der Waals surface area contributed by atoms with Crippen LogP contribution in [0.3, 0.4) is 0 Å². The largest absolute Gasteiger partial charge is 0.340 e. The quantitative estimate of drug-likeness (QED) is 0.817. The average Bonchev–Trinajstić information content (AvgIpc) is 2.25. The van der Waals surface area contributed by atoms with E-state index in [4.69, 9.17) is 5.73 Å². The second-order valence-corrected chi connectivity index (χ2v) is 4.44. The molecule has 0 atom stereocenters. The zero-order chi connectivity index (χ0) is 11.5. The number of nitrogens with two attached hydrogens (primary N) is 1. The molecule has 1 fully saturated rings. The number of carbonyl (C=O) groups is 1. The van der Waals surface area contributed by atoms with E-state index in [9.17, 15) is 4.79 Å². The van der Waals surface area contributed by atoms with Gasteiger partial charge in [0, 0.05) is 25.2 Å². The van der Waals surface area contributed by atoms with Crippen LogP contribution in [0.4, 0.5) is 0 Å². The van der Waals surface area contributed by atoms with Gasteiger partial charge >= 0.3 is 0 Å². The van der Waals surface area contributed by atoms with Gasteiger partial charge in [-0.2, -0.15) is 0 Å². The lowest BCUT2D eigenvalue weighted by molar-refractivity contribution is -0.137. The van der Waals surface area contributed by atoms with Crippen molar-refractivity contribution in [1.29, 1.82) is 0 Å². The second-order valence-electron chi connectivity index (χ2n) is 4.44. The van der Waals surface area contributed by atoms with Crippen LogP contribution in [-0.4, -0.2) is 28.9 Å². The Hall–Kier alpha value is -1.42. The lowest BCUT2D eigenvalue weighted by Gasteiger charge is -2.34. The maximum atomic E-state index is 11.9. The van der Waals surface area contributed by atoms with Crippen molar-refractivity contribution >= 4 is 5.91 Å². The molecule has 0 radical (unpaired) electrons. The monoisotopic (exact) mass is 219 g/mol. The molecule has 0 bridgehead atoms. The Morgan fingerprint density at radius 3 is 2.88 bits per heavy atom. The van der Waals surface area contributed by atoms with E-state index >= 15 is 0 Å². The molecule has 1 aliphatic rings. The first-order valence-electron chi connectivity index (χ1n) is 5.57. The molecular weight excluding hydrogens is 202 g/mol. The Morgan fingerprint density at radius 1 is 1.56 bits per heavy atom. The number of nitrogens with zero attached hydrogens (tertiary/aromatic N) is 2. The summed E-state index contributed by atoms with van der Waals surface area (Å²) < 4.78 is 0. The maximum absolute atomic E-state index is 11.9. The summed E-state index contributed by atoms with van der Waals surface area (Å²) in [5, 5.41) is 0. The smallest absolute Gasteiger partial charge is 0.225 e. The number of aromatic nitrogens is 1. The molecule has 0 saturated heterocycles. The molecule has 1 saturated carbocycles. The molecule has 16 heavy (non-hydrogen) atoms. The Bertz CT molecular complexity index is 360. The van der Waals surface area contributed by atoms with E-state index < -0.39 is 0 Å². The maximum Gasteiger partial charge on any atom is 0.225 e. The van der Waals surface area contributed by atoms with Gasteiger partial charge in [-0.05, 0) is 25.0 Å². The van der Waals surface area contributed by atoms with E-state index in [1.54, 1.807) is 11.1 Å². The van der Waals surface area contributed by atoms with Gasteiger partial charge in [-0.15, -0.1) is 0 Å². The summed E-state index contributed by atoms with van der Waals surface area (Å²) in [5.74, 6) is 0.316. The highest BCUT2D eigenvalue weighted by atomic mass is 16.2. The minimum Gasteiger partial charge on any atom is -0.340 e. The first-order valence-corrected chi connectivity index (χ1v) is 5.57. The lowest BCUT2D eigenvalue weighted by Crippen LogP contribution is -2.45. The van der Waals surface area contributed by atoms with Crippen LogP contribution in [0.2, 0.25) is 0 Å². The summed E-state index contributed by atoms with van der Waals surface area (Å²) >= 11 is 0. The van der Waals surface area contributed by atoms with Gasteiger partial charge in [0.2, 0.25) is 5.91 Å². The van der Waals surface area contributed by atoms with Crippen LogP contribution >= 0.6 is 0 Å². The molecule has 1 aliphatic carbocycles. The summed E-state index contributed by atoms with van der Waals surface area (Å²) in [6.45, 7) is 0.575. The molecule has 1 aromatic heterocycles. The van der Waals surface area contributed by atoms with Gasteiger partial charge in [0.25, 0.3) is 0 Å². The fourth-order valence-electron chi connectivity index (χ4n) is 1.99. The van der Waals surface area contributed by atoms with Crippen molar-refractivity contribution in [2.75, 3.05) is 7.05 Å². The van der Waals surface area contributed by atoms with Gasteiger partial charge in [-0.1, -0.05) is 6.07 Å². The highest BCUT2D eigenvalue weighted by Gasteiger charge is 2.33. The third kappa shape index (κ3) is 2.39. The summed E-state index contributed by atoms with van der Waals surface area (Å²) in [4.78, 5) is 17.9. The number of hydrogen-bond donors (Lipinski definition) is 1. The molecule has 0 unspecified atom stereocenters. The summed E-state index contributed by atoms with van der Waals surface area (Å²) in [6, 6.07) is 5.95. The first-order chi connectivity index (χ1) is 7.66. The molecule has 4 heteroatoms. The van der Waals surface area contributed by atoms with Crippen molar-refractivity contribution in [1.82, 2.24) is 9.88 Å². The summed E-state index contributed by atoms with van der Waals surface area (Å²) in [5.41, 5.74) is 6.59. The molecule has 0 aromatic carbocycles. The third-order valence-corrected chi connectivity index (χ3v) is 3.03. The molecule has 0 spiro atoms. The van der Waals surface area contributed by atoms with Crippen LogP contribution in [0.15, 0.2) is 24.4 Å². The normalized spacial score (nSPS) is 23.6. The van der Waals surface area contributed by atoms with E-state index in [1.165, 1.54) is 0 Å². The fourth-order valence-corrected chi connectivity index (χ4v) is 1.99. The average molecular weight is 219 g/mol. The Kier molecular flexibility index (Phi) is 3.19. The molecule has 2 N–H and O–H groups in total. The highest BCUT2D eigenvalue weighted by molar-refractivity contribution is 5.79. The van der Waals surface area contributed by atoms with Gasteiger partial charge < -0.3 is 10.6 Å². The zero-order valence-electron chi connectivity index (χ0n) is 9.47. The van der Waals surface area contributed by atoms with Crippen molar-refractivity contribution in [3.8, 4) is 0 Å². The Balaban J connectivity index is 1.88. The number of rotatable bonds is 3. The van der Waals surface area contributed by atoms with Gasteiger partial charge in [0.1, 0.15) is 0 Å². The fraction of sp³-hybridized carbons (Fsp3) is 0.500. The molecule has 1 amide bonds. The van der Waals surface area contributed by atoms with E-state index in [1.807, 2.05) is 25.2 Å². The summed E-state index contributed by atoms with van der Waals surface area (Å²) in [6.07, 6.45) is 3.39. The van der Waals surface area contributed by atoms with E-state index in [-0.39, 0.29) is 17.9 Å². The van der Waals surface area contributed by atoms with Crippen LogP contribution in [0.1, 0.15) is 18.5 Å². The first kappa shape index (κ1) is 11.1. The molecule has 86 valence electrons. The van der Waals surface area contributed by atoms with Gasteiger partial charge in [0.05, 0.1) is 12.2 Å². The standard InChI is InChI=1S/C12H17N3O/c1-15(8-11-4-2-3-5-14-11)12(16)9-6-10(13)7-9/h2-5,9-10H,6-8,13H2,1H3. The second kappa shape index (κ2) is 4.61. The molecule has 4 nitrogen and oxygen atoms in total.